The Hall–Kier alpha value is -0.390. The minimum absolute atomic E-state index is 0.0867. The number of nitrogens with zero attached hydrogens (tertiary/aromatic N) is 2. The Bertz CT molecular complexity index is 435. The lowest BCUT2D eigenvalue weighted by molar-refractivity contribution is 0.238. The maximum absolute atomic E-state index is 12.5. The standard InChI is InChI=1S/C11H16N2OS2/c1-12-5-3-11(4-6-12)9-7-15-8-10(9)13(2)16(11)14/h7-8H,3-6H2,1-2H3. The molecule has 3 heterocycles. The van der Waals surface area contributed by atoms with Crippen molar-refractivity contribution in [3.63, 3.8) is 0 Å². The third-order valence-corrected chi connectivity index (χ3v) is 6.57. The van der Waals surface area contributed by atoms with Crippen molar-refractivity contribution in [2.75, 3.05) is 31.5 Å². The lowest BCUT2D eigenvalue weighted by Crippen LogP contribution is -2.43. The minimum atomic E-state index is -0.880. The molecule has 0 aromatic carbocycles. The molecule has 0 amide bonds. The van der Waals surface area contributed by atoms with Crippen molar-refractivity contribution in [2.45, 2.75) is 17.6 Å². The fraction of sp³-hybridized carbons (Fsp3) is 0.636. The highest BCUT2D eigenvalue weighted by Crippen LogP contribution is 2.51. The first-order valence-electron chi connectivity index (χ1n) is 5.56. The molecule has 3 nitrogen and oxygen atoms in total. The maximum Gasteiger partial charge on any atom is 0.130 e. The fourth-order valence-electron chi connectivity index (χ4n) is 2.74. The van der Waals surface area contributed by atoms with Gasteiger partial charge >= 0.3 is 0 Å². The van der Waals surface area contributed by atoms with Crippen LogP contribution in [0, 0.1) is 0 Å². The van der Waals surface area contributed by atoms with Gasteiger partial charge in [-0.15, -0.1) is 11.3 Å². The predicted octanol–water partition coefficient (Wildman–Crippen LogP) is 1.78. The molecule has 88 valence electrons. The molecule has 0 radical (unpaired) electrons. The van der Waals surface area contributed by atoms with Crippen molar-refractivity contribution in [3.8, 4) is 0 Å². The van der Waals surface area contributed by atoms with E-state index >= 15 is 0 Å². The monoisotopic (exact) mass is 256 g/mol. The van der Waals surface area contributed by atoms with E-state index in [-0.39, 0.29) is 4.75 Å². The van der Waals surface area contributed by atoms with Crippen LogP contribution < -0.4 is 4.31 Å². The largest absolute Gasteiger partial charge is 0.306 e. The Morgan fingerprint density at radius 2 is 2.00 bits per heavy atom. The molecule has 0 aliphatic carbocycles. The summed E-state index contributed by atoms with van der Waals surface area (Å²) >= 11 is 1.73. The molecule has 2 aliphatic rings. The first-order valence-corrected chi connectivity index (χ1v) is 7.61. The maximum atomic E-state index is 12.5. The average molecular weight is 256 g/mol. The van der Waals surface area contributed by atoms with Crippen molar-refractivity contribution < 1.29 is 4.21 Å². The van der Waals surface area contributed by atoms with E-state index in [0.717, 1.165) is 25.9 Å². The number of anilines is 1. The Labute approximate surface area is 103 Å². The van der Waals surface area contributed by atoms with E-state index in [1.165, 1.54) is 11.3 Å². The van der Waals surface area contributed by atoms with E-state index in [0.29, 0.717) is 0 Å². The molecule has 1 saturated heterocycles. The van der Waals surface area contributed by atoms with Gasteiger partial charge in [0.25, 0.3) is 0 Å². The van der Waals surface area contributed by atoms with Gasteiger partial charge in [0.05, 0.1) is 10.4 Å². The Morgan fingerprint density at radius 3 is 2.69 bits per heavy atom. The zero-order valence-electron chi connectivity index (χ0n) is 9.60. The van der Waals surface area contributed by atoms with Crippen molar-refractivity contribution in [1.29, 1.82) is 0 Å². The van der Waals surface area contributed by atoms with Crippen LogP contribution in [0.15, 0.2) is 10.8 Å². The Balaban J connectivity index is 2.05. The third-order valence-electron chi connectivity index (χ3n) is 3.85. The van der Waals surface area contributed by atoms with Gasteiger partial charge in [0.2, 0.25) is 0 Å². The van der Waals surface area contributed by atoms with Crippen LogP contribution in [0.25, 0.3) is 0 Å². The summed E-state index contributed by atoms with van der Waals surface area (Å²) in [4.78, 5) is 2.33. The predicted molar refractivity (Wildman–Crippen MR) is 69.3 cm³/mol. The van der Waals surface area contributed by atoms with E-state index in [4.69, 9.17) is 0 Å². The van der Waals surface area contributed by atoms with E-state index in [9.17, 15) is 4.21 Å². The SMILES string of the molecule is CN1CCC2(CC1)c1cscc1N(C)S2=O. The van der Waals surface area contributed by atoms with Gasteiger partial charge in [-0.05, 0) is 38.4 Å². The van der Waals surface area contributed by atoms with Gasteiger partial charge in [-0.25, -0.2) is 4.21 Å². The molecule has 5 heteroatoms. The molecule has 0 saturated carbocycles. The van der Waals surface area contributed by atoms with Gasteiger partial charge in [0.1, 0.15) is 11.0 Å². The summed E-state index contributed by atoms with van der Waals surface area (Å²) in [6.45, 7) is 2.10. The van der Waals surface area contributed by atoms with Gasteiger partial charge < -0.3 is 4.90 Å². The summed E-state index contributed by atoms with van der Waals surface area (Å²) in [5, 5.41) is 4.32. The van der Waals surface area contributed by atoms with Gasteiger partial charge in [0.15, 0.2) is 0 Å². The van der Waals surface area contributed by atoms with Crippen LogP contribution in [0.5, 0.6) is 0 Å². The van der Waals surface area contributed by atoms with E-state index in [1.54, 1.807) is 11.3 Å². The molecule has 1 atom stereocenters. The average Bonchev–Trinajstić information content (AvgIpc) is 2.83. The zero-order valence-corrected chi connectivity index (χ0v) is 11.2. The number of hydrogen-bond acceptors (Lipinski definition) is 3. The molecule has 3 rings (SSSR count). The lowest BCUT2D eigenvalue weighted by Gasteiger charge is -2.36. The summed E-state index contributed by atoms with van der Waals surface area (Å²) in [6, 6.07) is 0. The normalized spacial score (nSPS) is 28.6. The number of thiophene rings is 1. The second-order valence-electron chi connectivity index (χ2n) is 4.71. The van der Waals surface area contributed by atoms with Crippen LogP contribution in [-0.4, -0.2) is 36.3 Å². The fourth-order valence-corrected chi connectivity index (χ4v) is 5.59. The Morgan fingerprint density at radius 1 is 1.31 bits per heavy atom. The van der Waals surface area contributed by atoms with E-state index in [2.05, 4.69) is 22.7 Å². The number of fused-ring (bicyclic) bond motifs is 2. The zero-order chi connectivity index (χ0) is 11.3. The van der Waals surface area contributed by atoms with Crippen LogP contribution in [0.4, 0.5) is 5.69 Å². The summed E-state index contributed by atoms with van der Waals surface area (Å²) < 4.78 is 14.4. The molecule has 2 aliphatic heterocycles. The molecule has 1 spiro atoms. The number of likely N-dealkylation sites (tertiary alicyclic amines) is 1. The van der Waals surface area contributed by atoms with Gasteiger partial charge in [-0.1, -0.05) is 0 Å². The molecule has 1 fully saturated rings. The highest BCUT2D eigenvalue weighted by molar-refractivity contribution is 7.88. The molecule has 0 bridgehead atoms. The highest BCUT2D eigenvalue weighted by atomic mass is 32.2. The molecule has 1 aromatic rings. The summed E-state index contributed by atoms with van der Waals surface area (Å²) in [6.07, 6.45) is 2.04. The quantitative estimate of drug-likeness (QED) is 0.706. The molecule has 1 aromatic heterocycles. The molecule has 16 heavy (non-hydrogen) atoms. The second-order valence-corrected chi connectivity index (χ2v) is 7.29. The van der Waals surface area contributed by atoms with Crippen LogP contribution in [0.3, 0.4) is 0 Å². The Kier molecular flexibility index (Phi) is 2.38. The number of hydrogen-bond donors (Lipinski definition) is 0. The molecular weight excluding hydrogens is 240 g/mol. The van der Waals surface area contributed by atoms with Crippen LogP contribution in [0.2, 0.25) is 0 Å². The molecule has 1 unspecified atom stereocenters. The molecular formula is C11H16N2OS2. The van der Waals surface area contributed by atoms with Crippen molar-refractivity contribution in [2.24, 2.45) is 0 Å². The summed E-state index contributed by atoms with van der Waals surface area (Å²) in [7, 11) is 3.22. The summed E-state index contributed by atoms with van der Waals surface area (Å²) in [5.74, 6) is 0. The van der Waals surface area contributed by atoms with Gasteiger partial charge in [0, 0.05) is 18.0 Å². The highest BCUT2D eigenvalue weighted by Gasteiger charge is 2.50. The van der Waals surface area contributed by atoms with Gasteiger partial charge in [-0.3, -0.25) is 4.31 Å². The minimum Gasteiger partial charge on any atom is -0.306 e. The van der Waals surface area contributed by atoms with Crippen molar-refractivity contribution in [1.82, 2.24) is 4.90 Å². The lowest BCUT2D eigenvalue weighted by atomic mass is 9.89. The topological polar surface area (TPSA) is 23.6 Å². The smallest absolute Gasteiger partial charge is 0.130 e. The first-order chi connectivity index (χ1) is 7.65. The van der Waals surface area contributed by atoms with Crippen LogP contribution >= 0.6 is 11.3 Å². The number of piperidine rings is 1. The molecule has 0 N–H and O–H groups in total. The van der Waals surface area contributed by atoms with E-state index < -0.39 is 11.0 Å². The first kappa shape index (κ1) is 10.7. The second kappa shape index (κ2) is 3.55. The van der Waals surface area contributed by atoms with Crippen LogP contribution in [-0.2, 0) is 15.7 Å². The van der Waals surface area contributed by atoms with Crippen molar-refractivity contribution >= 4 is 28.0 Å². The third kappa shape index (κ3) is 1.25. The van der Waals surface area contributed by atoms with Crippen LogP contribution in [0.1, 0.15) is 18.4 Å². The summed E-state index contributed by atoms with van der Waals surface area (Å²) in [5.41, 5.74) is 2.51. The van der Waals surface area contributed by atoms with Gasteiger partial charge in [-0.2, -0.15) is 0 Å². The van der Waals surface area contributed by atoms with Crippen molar-refractivity contribution in [3.05, 3.63) is 16.3 Å². The number of rotatable bonds is 0. The van der Waals surface area contributed by atoms with E-state index in [1.807, 2.05) is 11.4 Å².